The van der Waals surface area contributed by atoms with Gasteiger partial charge < -0.3 is 10.2 Å². The Hall–Kier alpha value is -2.40. The van der Waals surface area contributed by atoms with Gasteiger partial charge in [0.1, 0.15) is 5.82 Å². The lowest BCUT2D eigenvalue weighted by molar-refractivity contribution is -0.117. The van der Waals surface area contributed by atoms with E-state index in [1.54, 1.807) is 19.1 Å². The van der Waals surface area contributed by atoms with Crippen molar-refractivity contribution in [3.63, 3.8) is 0 Å². The first-order chi connectivity index (χ1) is 12.0. The van der Waals surface area contributed by atoms with E-state index in [-0.39, 0.29) is 11.7 Å². The predicted molar refractivity (Wildman–Crippen MR) is 99.6 cm³/mol. The van der Waals surface area contributed by atoms with Crippen LogP contribution in [0.4, 0.5) is 15.8 Å². The number of para-hydroxylation sites is 1. The molecule has 0 unspecified atom stereocenters. The van der Waals surface area contributed by atoms with E-state index in [1.807, 2.05) is 6.07 Å². The zero-order valence-corrected chi connectivity index (χ0v) is 14.8. The average molecular weight is 341 g/mol. The summed E-state index contributed by atoms with van der Waals surface area (Å²) in [6, 6.07) is 13.1. The number of anilines is 2. The molecule has 1 aliphatic rings. The van der Waals surface area contributed by atoms with Gasteiger partial charge in [0, 0.05) is 37.6 Å². The second-order valence-electron chi connectivity index (χ2n) is 6.56. The largest absolute Gasteiger partial charge is 0.369 e. The van der Waals surface area contributed by atoms with Crippen LogP contribution in [0.3, 0.4) is 0 Å². The molecule has 1 N–H and O–H groups in total. The van der Waals surface area contributed by atoms with Crippen molar-refractivity contribution in [3.8, 4) is 0 Å². The number of hydrogen-bond acceptors (Lipinski definition) is 3. The molecule has 1 saturated heterocycles. The standard InChI is InChI=1S/C20H24FN3O/c1-15-7-8-17(13-18(15)21)22-20(25)14-23-9-11-24(12-10-23)19-6-4-3-5-16(19)2/h3-8,13H,9-12,14H2,1-2H3,(H,22,25). The molecule has 25 heavy (non-hydrogen) atoms. The van der Waals surface area contributed by atoms with Gasteiger partial charge in [0.2, 0.25) is 5.91 Å². The summed E-state index contributed by atoms with van der Waals surface area (Å²) in [6.45, 7) is 7.63. The van der Waals surface area contributed by atoms with E-state index in [0.717, 1.165) is 26.2 Å². The number of hydrogen-bond donors (Lipinski definition) is 1. The van der Waals surface area contributed by atoms with E-state index in [4.69, 9.17) is 0 Å². The minimum absolute atomic E-state index is 0.104. The summed E-state index contributed by atoms with van der Waals surface area (Å²) in [4.78, 5) is 16.7. The van der Waals surface area contributed by atoms with Crippen molar-refractivity contribution < 1.29 is 9.18 Å². The summed E-state index contributed by atoms with van der Waals surface area (Å²) in [5.74, 6) is -0.405. The molecule has 0 bridgehead atoms. The van der Waals surface area contributed by atoms with Crippen molar-refractivity contribution >= 4 is 17.3 Å². The Morgan fingerprint density at radius 2 is 1.76 bits per heavy atom. The van der Waals surface area contributed by atoms with Crippen LogP contribution in [0.1, 0.15) is 11.1 Å². The number of carbonyl (C=O) groups excluding carboxylic acids is 1. The van der Waals surface area contributed by atoms with Gasteiger partial charge in [-0.15, -0.1) is 0 Å². The first kappa shape index (κ1) is 17.4. The molecule has 0 aromatic heterocycles. The molecule has 1 heterocycles. The fourth-order valence-corrected chi connectivity index (χ4v) is 3.14. The molecule has 3 rings (SSSR count). The zero-order valence-electron chi connectivity index (χ0n) is 14.8. The molecule has 0 saturated carbocycles. The predicted octanol–water partition coefficient (Wildman–Crippen LogP) is 3.20. The Kier molecular flexibility index (Phi) is 5.34. The number of carbonyl (C=O) groups is 1. The van der Waals surface area contributed by atoms with Gasteiger partial charge >= 0.3 is 0 Å². The van der Waals surface area contributed by atoms with Crippen LogP contribution in [0.5, 0.6) is 0 Å². The summed E-state index contributed by atoms with van der Waals surface area (Å²) in [6.07, 6.45) is 0. The van der Waals surface area contributed by atoms with Crippen molar-refractivity contribution in [2.75, 3.05) is 42.9 Å². The number of nitrogens with one attached hydrogen (secondary N) is 1. The van der Waals surface area contributed by atoms with Crippen LogP contribution in [0.15, 0.2) is 42.5 Å². The molecule has 1 fully saturated rings. The Balaban J connectivity index is 1.51. The maximum atomic E-state index is 13.6. The van der Waals surface area contributed by atoms with Crippen LogP contribution in [-0.2, 0) is 4.79 Å². The smallest absolute Gasteiger partial charge is 0.238 e. The molecule has 132 valence electrons. The molecular weight excluding hydrogens is 317 g/mol. The molecule has 1 aliphatic heterocycles. The summed E-state index contributed by atoms with van der Waals surface area (Å²) in [5.41, 5.74) is 3.62. The monoisotopic (exact) mass is 341 g/mol. The quantitative estimate of drug-likeness (QED) is 0.928. The highest BCUT2D eigenvalue weighted by atomic mass is 19.1. The molecule has 0 spiro atoms. The minimum Gasteiger partial charge on any atom is -0.369 e. The van der Waals surface area contributed by atoms with Gasteiger partial charge in [0.05, 0.1) is 6.54 Å². The fourth-order valence-electron chi connectivity index (χ4n) is 3.14. The van der Waals surface area contributed by atoms with Gasteiger partial charge in [-0.3, -0.25) is 9.69 Å². The topological polar surface area (TPSA) is 35.6 Å². The van der Waals surface area contributed by atoms with Crippen molar-refractivity contribution in [1.82, 2.24) is 4.90 Å². The average Bonchev–Trinajstić information content (AvgIpc) is 2.59. The van der Waals surface area contributed by atoms with E-state index in [0.29, 0.717) is 17.8 Å². The third-order valence-corrected chi connectivity index (χ3v) is 4.65. The van der Waals surface area contributed by atoms with E-state index < -0.39 is 0 Å². The molecule has 0 atom stereocenters. The molecular formula is C20H24FN3O. The molecule has 5 heteroatoms. The highest BCUT2D eigenvalue weighted by molar-refractivity contribution is 5.92. The Morgan fingerprint density at radius 3 is 2.44 bits per heavy atom. The van der Waals surface area contributed by atoms with E-state index >= 15 is 0 Å². The van der Waals surface area contributed by atoms with E-state index in [1.165, 1.54) is 17.3 Å². The molecule has 2 aromatic carbocycles. The van der Waals surface area contributed by atoms with Crippen LogP contribution in [0.25, 0.3) is 0 Å². The molecule has 4 nitrogen and oxygen atoms in total. The van der Waals surface area contributed by atoms with Gasteiger partial charge in [-0.05, 0) is 43.2 Å². The second kappa shape index (κ2) is 7.66. The molecule has 2 aromatic rings. The Morgan fingerprint density at radius 1 is 1.04 bits per heavy atom. The van der Waals surface area contributed by atoms with Gasteiger partial charge in [-0.1, -0.05) is 24.3 Å². The first-order valence-corrected chi connectivity index (χ1v) is 8.62. The van der Waals surface area contributed by atoms with Crippen molar-refractivity contribution in [2.45, 2.75) is 13.8 Å². The molecule has 0 radical (unpaired) electrons. The third-order valence-electron chi connectivity index (χ3n) is 4.65. The fraction of sp³-hybridized carbons (Fsp3) is 0.350. The van der Waals surface area contributed by atoms with Crippen LogP contribution < -0.4 is 10.2 Å². The first-order valence-electron chi connectivity index (χ1n) is 8.62. The highest BCUT2D eigenvalue weighted by Gasteiger charge is 2.20. The van der Waals surface area contributed by atoms with Crippen LogP contribution >= 0.6 is 0 Å². The van der Waals surface area contributed by atoms with E-state index in [9.17, 15) is 9.18 Å². The van der Waals surface area contributed by atoms with Crippen molar-refractivity contribution in [1.29, 1.82) is 0 Å². The maximum Gasteiger partial charge on any atom is 0.238 e. The van der Waals surface area contributed by atoms with Gasteiger partial charge in [-0.25, -0.2) is 4.39 Å². The summed E-state index contributed by atoms with van der Waals surface area (Å²) in [7, 11) is 0. The second-order valence-corrected chi connectivity index (χ2v) is 6.56. The Bertz CT molecular complexity index is 754. The number of benzene rings is 2. The maximum absolute atomic E-state index is 13.6. The van der Waals surface area contributed by atoms with Crippen LogP contribution in [-0.4, -0.2) is 43.5 Å². The number of nitrogens with zero attached hydrogens (tertiary/aromatic N) is 2. The number of rotatable bonds is 4. The SMILES string of the molecule is Cc1ccc(NC(=O)CN2CCN(c3ccccc3C)CC2)cc1F. The lowest BCUT2D eigenvalue weighted by Gasteiger charge is -2.36. The highest BCUT2D eigenvalue weighted by Crippen LogP contribution is 2.20. The van der Waals surface area contributed by atoms with Gasteiger partial charge in [0.15, 0.2) is 0 Å². The number of piperazine rings is 1. The van der Waals surface area contributed by atoms with Crippen LogP contribution in [0, 0.1) is 19.7 Å². The Labute approximate surface area is 148 Å². The van der Waals surface area contributed by atoms with Crippen molar-refractivity contribution in [2.24, 2.45) is 0 Å². The molecule has 0 aliphatic carbocycles. The third kappa shape index (κ3) is 4.37. The van der Waals surface area contributed by atoms with E-state index in [2.05, 4.69) is 40.2 Å². The normalized spacial score (nSPS) is 15.2. The number of amides is 1. The van der Waals surface area contributed by atoms with Crippen molar-refractivity contribution in [3.05, 3.63) is 59.4 Å². The van der Waals surface area contributed by atoms with Gasteiger partial charge in [0.25, 0.3) is 0 Å². The number of aryl methyl sites for hydroxylation is 2. The summed E-state index contributed by atoms with van der Waals surface area (Å²) < 4.78 is 13.6. The summed E-state index contributed by atoms with van der Waals surface area (Å²) >= 11 is 0. The van der Waals surface area contributed by atoms with Crippen LogP contribution in [0.2, 0.25) is 0 Å². The van der Waals surface area contributed by atoms with Gasteiger partial charge in [-0.2, -0.15) is 0 Å². The lowest BCUT2D eigenvalue weighted by Crippen LogP contribution is -2.48. The minimum atomic E-state index is -0.301. The zero-order chi connectivity index (χ0) is 17.8. The summed E-state index contributed by atoms with van der Waals surface area (Å²) in [5, 5.41) is 2.78. The molecule has 1 amide bonds. The number of halogens is 1. The lowest BCUT2D eigenvalue weighted by atomic mass is 10.1.